The molecular formula is C20H20. The van der Waals surface area contributed by atoms with Crippen LogP contribution in [0.15, 0.2) is 66.7 Å². The first-order valence-corrected chi connectivity index (χ1v) is 7.14. The predicted molar refractivity (Wildman–Crippen MR) is 87.3 cm³/mol. The van der Waals surface area contributed by atoms with Crippen molar-refractivity contribution in [2.45, 2.75) is 26.2 Å². The second-order valence-electron chi connectivity index (χ2n) is 6.05. The number of hydrogen-bond donors (Lipinski definition) is 0. The van der Waals surface area contributed by atoms with Crippen molar-refractivity contribution in [3.8, 4) is 0 Å². The van der Waals surface area contributed by atoms with Crippen LogP contribution in [0.2, 0.25) is 0 Å². The Bertz CT molecular complexity index is 733. The molecule has 0 saturated carbocycles. The molecule has 0 radical (unpaired) electrons. The summed E-state index contributed by atoms with van der Waals surface area (Å²) in [5.74, 6) is 0. The van der Waals surface area contributed by atoms with Gasteiger partial charge in [0.2, 0.25) is 0 Å². The Balaban J connectivity index is 2.10. The fraction of sp³-hybridized carbons (Fsp3) is 0.200. The zero-order chi connectivity index (χ0) is 14.2. The maximum absolute atomic E-state index is 2.31. The van der Waals surface area contributed by atoms with Crippen molar-refractivity contribution < 1.29 is 0 Å². The van der Waals surface area contributed by atoms with Gasteiger partial charge in [-0.1, -0.05) is 86.1 Å². The SMILES string of the molecule is Cc1ccc(C(C)(C)c2ccc3ccccc3c2)cc1. The van der Waals surface area contributed by atoms with E-state index in [0.717, 1.165) is 0 Å². The van der Waals surface area contributed by atoms with E-state index in [0.29, 0.717) is 0 Å². The zero-order valence-electron chi connectivity index (χ0n) is 12.4. The zero-order valence-corrected chi connectivity index (χ0v) is 12.4. The molecule has 0 heterocycles. The third-order valence-corrected chi connectivity index (χ3v) is 4.24. The molecule has 3 aromatic carbocycles. The summed E-state index contributed by atoms with van der Waals surface area (Å²) in [5.41, 5.74) is 4.05. The Labute approximate surface area is 121 Å². The first-order chi connectivity index (χ1) is 9.57. The highest BCUT2D eigenvalue weighted by molar-refractivity contribution is 5.83. The quantitative estimate of drug-likeness (QED) is 0.573. The van der Waals surface area contributed by atoms with Crippen molar-refractivity contribution in [1.82, 2.24) is 0 Å². The molecule has 0 bridgehead atoms. The van der Waals surface area contributed by atoms with Gasteiger partial charge < -0.3 is 0 Å². The van der Waals surface area contributed by atoms with E-state index < -0.39 is 0 Å². The Morgan fingerprint density at radius 3 is 1.95 bits per heavy atom. The summed E-state index contributed by atoms with van der Waals surface area (Å²) in [6.45, 7) is 6.72. The Morgan fingerprint density at radius 1 is 0.650 bits per heavy atom. The summed E-state index contributed by atoms with van der Waals surface area (Å²) < 4.78 is 0. The molecule has 0 aromatic heterocycles. The van der Waals surface area contributed by atoms with Crippen LogP contribution < -0.4 is 0 Å². The fourth-order valence-corrected chi connectivity index (χ4v) is 2.71. The number of aryl methyl sites for hydroxylation is 1. The van der Waals surface area contributed by atoms with Crippen molar-refractivity contribution in [3.63, 3.8) is 0 Å². The third kappa shape index (κ3) is 2.22. The van der Waals surface area contributed by atoms with Gasteiger partial charge in [0.25, 0.3) is 0 Å². The summed E-state index contributed by atoms with van der Waals surface area (Å²) in [6, 6.07) is 24.2. The number of benzene rings is 3. The third-order valence-electron chi connectivity index (χ3n) is 4.24. The average Bonchev–Trinajstić information content (AvgIpc) is 2.47. The minimum atomic E-state index is 0.0255. The molecule has 0 amide bonds. The van der Waals surface area contributed by atoms with Crippen LogP contribution in [0.25, 0.3) is 10.8 Å². The molecule has 3 rings (SSSR count). The summed E-state index contributed by atoms with van der Waals surface area (Å²) in [6.07, 6.45) is 0. The molecule has 0 aliphatic heterocycles. The Kier molecular flexibility index (Phi) is 3.10. The van der Waals surface area contributed by atoms with E-state index in [1.807, 2.05) is 0 Å². The van der Waals surface area contributed by atoms with E-state index in [-0.39, 0.29) is 5.41 Å². The van der Waals surface area contributed by atoms with Crippen LogP contribution in [0.1, 0.15) is 30.5 Å². The van der Waals surface area contributed by atoms with Gasteiger partial charge in [-0.15, -0.1) is 0 Å². The van der Waals surface area contributed by atoms with Gasteiger partial charge in [-0.3, -0.25) is 0 Å². The highest BCUT2D eigenvalue weighted by Gasteiger charge is 2.22. The highest BCUT2D eigenvalue weighted by atomic mass is 14.3. The first kappa shape index (κ1) is 12.9. The van der Waals surface area contributed by atoms with Gasteiger partial charge >= 0.3 is 0 Å². The van der Waals surface area contributed by atoms with Crippen LogP contribution >= 0.6 is 0 Å². The van der Waals surface area contributed by atoms with E-state index in [2.05, 4.69) is 87.5 Å². The molecule has 0 saturated heterocycles. The minimum Gasteiger partial charge on any atom is -0.0616 e. The predicted octanol–water partition coefficient (Wildman–Crippen LogP) is 5.47. The second-order valence-corrected chi connectivity index (χ2v) is 6.05. The lowest BCUT2D eigenvalue weighted by Gasteiger charge is -2.26. The van der Waals surface area contributed by atoms with Crippen LogP contribution in [0, 0.1) is 6.92 Å². The molecule has 100 valence electrons. The highest BCUT2D eigenvalue weighted by Crippen LogP contribution is 2.33. The molecule has 0 fully saturated rings. The van der Waals surface area contributed by atoms with Gasteiger partial charge in [0.05, 0.1) is 0 Å². The average molecular weight is 260 g/mol. The van der Waals surface area contributed by atoms with Gasteiger partial charge in [-0.25, -0.2) is 0 Å². The largest absolute Gasteiger partial charge is 0.0616 e. The van der Waals surface area contributed by atoms with Crippen LogP contribution in [0.3, 0.4) is 0 Å². The van der Waals surface area contributed by atoms with Gasteiger partial charge in [-0.05, 0) is 28.8 Å². The van der Waals surface area contributed by atoms with Crippen LogP contribution in [0.4, 0.5) is 0 Å². The van der Waals surface area contributed by atoms with Gasteiger partial charge in [0, 0.05) is 5.41 Å². The lowest BCUT2D eigenvalue weighted by molar-refractivity contribution is 0.641. The molecule has 3 aromatic rings. The maximum atomic E-state index is 2.31. The fourth-order valence-electron chi connectivity index (χ4n) is 2.71. The first-order valence-electron chi connectivity index (χ1n) is 7.14. The van der Waals surface area contributed by atoms with Crippen molar-refractivity contribution >= 4 is 10.8 Å². The summed E-state index contributed by atoms with van der Waals surface area (Å²) in [5, 5.41) is 2.61. The molecule has 20 heavy (non-hydrogen) atoms. The Hall–Kier alpha value is -2.08. The lowest BCUT2D eigenvalue weighted by atomic mass is 9.77. The molecule has 0 nitrogen and oxygen atoms in total. The summed E-state index contributed by atoms with van der Waals surface area (Å²) in [7, 11) is 0. The lowest BCUT2D eigenvalue weighted by Crippen LogP contribution is -2.18. The molecule has 0 heteroatoms. The summed E-state index contributed by atoms with van der Waals surface area (Å²) >= 11 is 0. The van der Waals surface area contributed by atoms with Gasteiger partial charge in [-0.2, -0.15) is 0 Å². The number of rotatable bonds is 2. The van der Waals surface area contributed by atoms with E-state index in [1.54, 1.807) is 0 Å². The molecule has 0 spiro atoms. The van der Waals surface area contributed by atoms with Gasteiger partial charge in [0.1, 0.15) is 0 Å². The van der Waals surface area contributed by atoms with Crippen molar-refractivity contribution in [2.75, 3.05) is 0 Å². The molecule has 0 atom stereocenters. The second kappa shape index (κ2) is 4.79. The number of hydrogen-bond acceptors (Lipinski definition) is 0. The Morgan fingerprint density at radius 2 is 1.25 bits per heavy atom. The van der Waals surface area contributed by atoms with Crippen LogP contribution in [-0.2, 0) is 5.41 Å². The van der Waals surface area contributed by atoms with Crippen LogP contribution in [0.5, 0.6) is 0 Å². The topological polar surface area (TPSA) is 0 Å². The van der Waals surface area contributed by atoms with E-state index in [1.165, 1.54) is 27.5 Å². The molecular weight excluding hydrogens is 240 g/mol. The molecule has 0 unspecified atom stereocenters. The van der Waals surface area contributed by atoms with Crippen molar-refractivity contribution in [1.29, 1.82) is 0 Å². The maximum Gasteiger partial charge on any atom is 0.0146 e. The standard InChI is InChI=1S/C20H20/c1-15-8-11-18(12-9-15)20(2,3)19-13-10-16-6-4-5-7-17(16)14-19/h4-14H,1-3H3. The van der Waals surface area contributed by atoms with Crippen LogP contribution in [-0.4, -0.2) is 0 Å². The minimum absolute atomic E-state index is 0.0255. The van der Waals surface area contributed by atoms with Gasteiger partial charge in [0.15, 0.2) is 0 Å². The summed E-state index contributed by atoms with van der Waals surface area (Å²) in [4.78, 5) is 0. The van der Waals surface area contributed by atoms with E-state index in [4.69, 9.17) is 0 Å². The molecule has 0 N–H and O–H groups in total. The van der Waals surface area contributed by atoms with Crippen molar-refractivity contribution in [2.24, 2.45) is 0 Å². The van der Waals surface area contributed by atoms with E-state index >= 15 is 0 Å². The number of fused-ring (bicyclic) bond motifs is 1. The monoisotopic (exact) mass is 260 g/mol. The smallest absolute Gasteiger partial charge is 0.0146 e. The molecule has 0 aliphatic rings. The normalized spacial score (nSPS) is 11.8. The van der Waals surface area contributed by atoms with E-state index in [9.17, 15) is 0 Å². The van der Waals surface area contributed by atoms with Crippen molar-refractivity contribution in [3.05, 3.63) is 83.4 Å². The molecule has 0 aliphatic carbocycles.